The molecule has 0 aliphatic rings. The molecule has 0 unspecified atom stereocenters. The van der Waals surface area contributed by atoms with Crippen LogP contribution in [0.5, 0.6) is 0 Å². The van der Waals surface area contributed by atoms with Crippen LogP contribution in [0, 0.1) is 13.8 Å². The van der Waals surface area contributed by atoms with Gasteiger partial charge in [0.05, 0.1) is 30.7 Å². The number of benzene rings is 1. The van der Waals surface area contributed by atoms with Crippen molar-refractivity contribution in [2.75, 3.05) is 13.2 Å². The van der Waals surface area contributed by atoms with Crippen LogP contribution in [0.15, 0.2) is 41.3 Å². The normalized spacial score (nSPS) is 11.0. The van der Waals surface area contributed by atoms with Gasteiger partial charge in [-0.05, 0) is 45.4 Å². The first kappa shape index (κ1) is 22.4. The number of nitrogens with zero attached hydrogens (tertiary/aromatic N) is 4. The van der Waals surface area contributed by atoms with E-state index < -0.39 is 17.5 Å². The predicted octanol–water partition coefficient (Wildman–Crippen LogP) is 3.60. The number of carbonyl (C=O) groups excluding carboxylic acids is 2. The molecule has 0 radical (unpaired) electrons. The molecule has 4 rings (SSSR count). The smallest absolute Gasteiger partial charge is 0.348 e. The summed E-state index contributed by atoms with van der Waals surface area (Å²) in [5, 5.41) is 4.89. The molecule has 0 aliphatic heterocycles. The summed E-state index contributed by atoms with van der Waals surface area (Å²) >= 11 is 1.00. The summed E-state index contributed by atoms with van der Waals surface area (Å²) in [6.45, 7) is 7.03. The summed E-state index contributed by atoms with van der Waals surface area (Å²) < 4.78 is 13.3. The van der Waals surface area contributed by atoms with Gasteiger partial charge >= 0.3 is 11.9 Å². The minimum absolute atomic E-state index is 0.145. The Balaban J connectivity index is 1.97. The quantitative estimate of drug-likeness (QED) is 0.400. The van der Waals surface area contributed by atoms with E-state index in [0.717, 1.165) is 17.0 Å². The van der Waals surface area contributed by atoms with Crippen molar-refractivity contribution in [1.82, 2.24) is 19.3 Å². The number of hydrogen-bond donors (Lipinski definition) is 0. The van der Waals surface area contributed by atoms with Crippen LogP contribution in [-0.2, 0) is 9.47 Å². The molecule has 0 spiro atoms. The Kier molecular flexibility index (Phi) is 6.10. The zero-order valence-corrected chi connectivity index (χ0v) is 19.4. The van der Waals surface area contributed by atoms with Gasteiger partial charge in [0.2, 0.25) is 0 Å². The fourth-order valence-electron chi connectivity index (χ4n) is 3.56. The molecule has 9 nitrogen and oxygen atoms in total. The van der Waals surface area contributed by atoms with Crippen molar-refractivity contribution in [2.45, 2.75) is 27.7 Å². The number of thiophene rings is 1. The first-order chi connectivity index (χ1) is 15.9. The predicted molar refractivity (Wildman–Crippen MR) is 124 cm³/mol. The Bertz CT molecular complexity index is 1420. The number of carbonyl (C=O) groups is 2. The molecule has 0 saturated carbocycles. The van der Waals surface area contributed by atoms with Crippen LogP contribution < -0.4 is 5.56 Å². The van der Waals surface area contributed by atoms with Gasteiger partial charge in [0.25, 0.3) is 5.56 Å². The van der Waals surface area contributed by atoms with Gasteiger partial charge in [0.15, 0.2) is 5.65 Å². The lowest BCUT2D eigenvalue weighted by Crippen LogP contribution is -2.23. The highest BCUT2D eigenvalue weighted by atomic mass is 32.1. The van der Waals surface area contributed by atoms with Gasteiger partial charge in [0, 0.05) is 0 Å². The molecule has 1 aromatic carbocycles. The molecule has 0 fully saturated rings. The number of esters is 2. The second-order valence-electron chi connectivity index (χ2n) is 7.11. The molecule has 0 atom stereocenters. The minimum atomic E-state index is -0.622. The maximum Gasteiger partial charge on any atom is 0.348 e. The first-order valence-electron chi connectivity index (χ1n) is 10.4. The van der Waals surface area contributed by atoms with E-state index in [4.69, 9.17) is 9.47 Å². The van der Waals surface area contributed by atoms with Gasteiger partial charge in [0.1, 0.15) is 21.1 Å². The van der Waals surface area contributed by atoms with Crippen LogP contribution in [0.25, 0.3) is 21.7 Å². The molecule has 10 heteroatoms. The van der Waals surface area contributed by atoms with Gasteiger partial charge in [-0.3, -0.25) is 9.36 Å². The molecular weight excluding hydrogens is 444 g/mol. The van der Waals surface area contributed by atoms with Crippen molar-refractivity contribution in [1.29, 1.82) is 0 Å². The molecule has 4 aromatic rings. The first-order valence-corrected chi connectivity index (χ1v) is 11.2. The maximum absolute atomic E-state index is 13.6. The summed E-state index contributed by atoms with van der Waals surface area (Å²) in [5.74, 6) is -0.844. The number of hydrogen-bond acceptors (Lipinski definition) is 8. The van der Waals surface area contributed by atoms with Gasteiger partial charge in [-0.15, -0.1) is 11.3 Å². The maximum atomic E-state index is 13.6. The third-order valence-electron chi connectivity index (χ3n) is 5.04. The van der Waals surface area contributed by atoms with Crippen molar-refractivity contribution in [3.05, 3.63) is 68.7 Å². The molecule has 170 valence electrons. The number of para-hydroxylation sites is 1. The van der Waals surface area contributed by atoms with Crippen LogP contribution >= 0.6 is 11.3 Å². The SMILES string of the molecule is CCOC(=O)c1sc(-n2c(C)nc3c(cnn3-c3ccccc3)c2=O)c(C(=O)OCC)c1C. The van der Waals surface area contributed by atoms with Crippen LogP contribution in [0.2, 0.25) is 0 Å². The van der Waals surface area contributed by atoms with Crippen LogP contribution in [-0.4, -0.2) is 44.5 Å². The molecule has 0 amide bonds. The Morgan fingerprint density at radius 2 is 1.70 bits per heavy atom. The molecule has 3 heterocycles. The second-order valence-corrected chi connectivity index (χ2v) is 8.11. The van der Waals surface area contributed by atoms with Gasteiger partial charge in [-0.2, -0.15) is 5.10 Å². The highest BCUT2D eigenvalue weighted by molar-refractivity contribution is 7.17. The topological polar surface area (TPSA) is 105 Å². The second kappa shape index (κ2) is 8.99. The summed E-state index contributed by atoms with van der Waals surface area (Å²) in [5.41, 5.74) is 1.31. The number of aromatic nitrogens is 4. The van der Waals surface area contributed by atoms with Crippen LogP contribution in [0.1, 0.15) is 45.3 Å². The van der Waals surface area contributed by atoms with Crippen LogP contribution in [0.3, 0.4) is 0 Å². The van der Waals surface area contributed by atoms with E-state index in [1.807, 2.05) is 30.3 Å². The molecule has 3 aromatic heterocycles. The molecule has 0 N–H and O–H groups in total. The molecule has 0 saturated heterocycles. The van der Waals surface area contributed by atoms with Gasteiger partial charge in [-0.25, -0.2) is 19.3 Å². The number of rotatable bonds is 6. The molecular formula is C23H22N4O5S. The van der Waals surface area contributed by atoms with E-state index in [1.165, 1.54) is 10.8 Å². The lowest BCUT2D eigenvalue weighted by atomic mass is 10.1. The lowest BCUT2D eigenvalue weighted by molar-refractivity contribution is 0.0526. The Morgan fingerprint density at radius 3 is 2.36 bits per heavy atom. The van der Waals surface area contributed by atoms with E-state index in [0.29, 0.717) is 17.0 Å². The standard InChI is InChI=1S/C23H22N4O5S/c1-5-31-22(29)17-13(3)18(23(30)32-6-2)33-21(17)26-14(4)25-19-16(20(26)28)12-24-27(19)15-10-8-7-9-11-15/h7-12H,5-6H2,1-4H3. The van der Waals surface area contributed by atoms with Gasteiger partial charge < -0.3 is 9.47 Å². The average Bonchev–Trinajstić information content (AvgIpc) is 3.36. The van der Waals surface area contributed by atoms with E-state index in [2.05, 4.69) is 10.1 Å². The summed E-state index contributed by atoms with van der Waals surface area (Å²) in [7, 11) is 0. The van der Waals surface area contributed by atoms with Crippen molar-refractivity contribution in [2.24, 2.45) is 0 Å². The summed E-state index contributed by atoms with van der Waals surface area (Å²) in [6.07, 6.45) is 1.45. The van der Waals surface area contributed by atoms with Crippen molar-refractivity contribution >= 4 is 34.3 Å². The summed E-state index contributed by atoms with van der Waals surface area (Å²) in [4.78, 5) is 43.7. The number of fused-ring (bicyclic) bond motifs is 1. The highest BCUT2D eigenvalue weighted by Gasteiger charge is 2.29. The molecule has 0 aliphatic carbocycles. The van der Waals surface area contributed by atoms with E-state index >= 15 is 0 Å². The van der Waals surface area contributed by atoms with Crippen molar-refractivity contribution < 1.29 is 19.1 Å². The van der Waals surface area contributed by atoms with E-state index in [-0.39, 0.29) is 34.0 Å². The van der Waals surface area contributed by atoms with Crippen molar-refractivity contribution in [3.63, 3.8) is 0 Å². The van der Waals surface area contributed by atoms with E-state index in [9.17, 15) is 14.4 Å². The highest BCUT2D eigenvalue weighted by Crippen LogP contribution is 2.33. The fourth-order valence-corrected chi connectivity index (χ4v) is 4.79. The summed E-state index contributed by atoms with van der Waals surface area (Å²) in [6, 6.07) is 9.35. The molecule has 0 bridgehead atoms. The number of aryl methyl sites for hydroxylation is 1. The monoisotopic (exact) mass is 466 g/mol. The Hall–Kier alpha value is -3.79. The average molecular weight is 467 g/mol. The van der Waals surface area contributed by atoms with Gasteiger partial charge in [-0.1, -0.05) is 18.2 Å². The Labute approximate surface area is 193 Å². The third-order valence-corrected chi connectivity index (χ3v) is 6.30. The zero-order valence-electron chi connectivity index (χ0n) is 18.6. The number of ether oxygens (including phenoxy) is 2. The van der Waals surface area contributed by atoms with E-state index in [1.54, 1.807) is 32.4 Å². The lowest BCUT2D eigenvalue weighted by Gasteiger charge is -2.11. The largest absolute Gasteiger partial charge is 0.462 e. The molecule has 33 heavy (non-hydrogen) atoms. The fraction of sp³-hybridized carbons (Fsp3) is 0.261. The zero-order chi connectivity index (χ0) is 23.7. The Morgan fingerprint density at radius 1 is 1.03 bits per heavy atom. The van der Waals surface area contributed by atoms with Crippen molar-refractivity contribution in [3.8, 4) is 10.7 Å². The third kappa shape index (κ3) is 3.82. The van der Waals surface area contributed by atoms with Crippen LogP contribution in [0.4, 0.5) is 0 Å². The minimum Gasteiger partial charge on any atom is -0.462 e.